The van der Waals surface area contributed by atoms with Crippen LogP contribution < -0.4 is 0 Å². The SMILES string of the molecule is O=[N+]([O-])c1ccc2nc(C=Cc3ccsc3)sc2c1. The third-order valence-electron chi connectivity index (χ3n) is 2.56. The molecule has 0 aliphatic rings. The second-order valence-corrected chi connectivity index (χ2v) is 5.69. The summed E-state index contributed by atoms with van der Waals surface area (Å²) >= 11 is 3.09. The zero-order valence-electron chi connectivity index (χ0n) is 9.65. The van der Waals surface area contributed by atoms with Crippen LogP contribution in [0.5, 0.6) is 0 Å². The Hall–Kier alpha value is -2.05. The standard InChI is InChI=1S/C13H8N2O2S2/c16-15(17)10-2-3-11-12(7-10)19-13(14-11)4-1-9-5-6-18-8-9/h1-8H. The topological polar surface area (TPSA) is 56.0 Å². The van der Waals surface area contributed by atoms with Crippen molar-refractivity contribution >= 4 is 50.7 Å². The predicted molar refractivity (Wildman–Crippen MR) is 79.5 cm³/mol. The van der Waals surface area contributed by atoms with Crippen LogP contribution in [0.25, 0.3) is 22.4 Å². The van der Waals surface area contributed by atoms with Crippen molar-refractivity contribution in [2.75, 3.05) is 0 Å². The van der Waals surface area contributed by atoms with Crippen molar-refractivity contribution in [1.29, 1.82) is 0 Å². The van der Waals surface area contributed by atoms with E-state index in [0.29, 0.717) is 0 Å². The van der Waals surface area contributed by atoms with Crippen LogP contribution in [-0.4, -0.2) is 9.91 Å². The lowest BCUT2D eigenvalue weighted by Gasteiger charge is -1.88. The highest BCUT2D eigenvalue weighted by Gasteiger charge is 2.08. The zero-order valence-corrected chi connectivity index (χ0v) is 11.3. The molecule has 2 heterocycles. The van der Waals surface area contributed by atoms with E-state index >= 15 is 0 Å². The molecule has 0 saturated heterocycles. The summed E-state index contributed by atoms with van der Waals surface area (Å²) in [7, 11) is 0. The van der Waals surface area contributed by atoms with E-state index in [1.807, 2.05) is 23.6 Å². The third kappa shape index (κ3) is 2.54. The van der Waals surface area contributed by atoms with Crippen LogP contribution in [0.15, 0.2) is 35.0 Å². The van der Waals surface area contributed by atoms with Gasteiger partial charge in [-0.1, -0.05) is 6.08 Å². The number of aromatic nitrogens is 1. The van der Waals surface area contributed by atoms with Gasteiger partial charge in [-0.05, 0) is 34.5 Å². The van der Waals surface area contributed by atoms with Crippen LogP contribution >= 0.6 is 22.7 Å². The molecule has 0 aliphatic heterocycles. The largest absolute Gasteiger partial charge is 0.270 e. The molecule has 2 aromatic heterocycles. The van der Waals surface area contributed by atoms with Crippen molar-refractivity contribution in [3.8, 4) is 0 Å². The van der Waals surface area contributed by atoms with Gasteiger partial charge in [-0.3, -0.25) is 10.1 Å². The number of thiazole rings is 1. The fourth-order valence-corrected chi connectivity index (χ4v) is 3.19. The van der Waals surface area contributed by atoms with Crippen LogP contribution in [0.2, 0.25) is 0 Å². The summed E-state index contributed by atoms with van der Waals surface area (Å²) in [6.07, 6.45) is 3.92. The Balaban J connectivity index is 1.95. The highest BCUT2D eigenvalue weighted by Crippen LogP contribution is 2.27. The number of non-ortho nitro benzene ring substituents is 1. The first kappa shape index (κ1) is 12.0. The van der Waals surface area contributed by atoms with Gasteiger partial charge in [0.1, 0.15) is 5.01 Å². The van der Waals surface area contributed by atoms with Gasteiger partial charge in [-0.15, -0.1) is 11.3 Å². The molecule has 0 saturated carbocycles. The fourth-order valence-electron chi connectivity index (χ4n) is 1.65. The summed E-state index contributed by atoms with van der Waals surface area (Å²) in [5.41, 5.74) is 2.03. The first-order chi connectivity index (χ1) is 9.22. The van der Waals surface area contributed by atoms with Crippen molar-refractivity contribution in [3.05, 3.63) is 55.7 Å². The number of hydrogen-bond donors (Lipinski definition) is 0. The highest BCUT2D eigenvalue weighted by atomic mass is 32.1. The zero-order chi connectivity index (χ0) is 13.2. The van der Waals surface area contributed by atoms with Crippen LogP contribution in [0.1, 0.15) is 10.6 Å². The molecular formula is C13H8N2O2S2. The number of benzene rings is 1. The molecule has 0 atom stereocenters. The number of fused-ring (bicyclic) bond motifs is 1. The van der Waals surface area contributed by atoms with Gasteiger partial charge in [-0.25, -0.2) is 4.98 Å². The summed E-state index contributed by atoms with van der Waals surface area (Å²) < 4.78 is 0.833. The van der Waals surface area contributed by atoms with E-state index in [0.717, 1.165) is 20.8 Å². The summed E-state index contributed by atoms with van der Waals surface area (Å²) in [5, 5.41) is 15.6. The average molecular weight is 288 g/mol. The molecule has 0 radical (unpaired) electrons. The maximum atomic E-state index is 10.7. The third-order valence-corrected chi connectivity index (χ3v) is 4.25. The Morgan fingerprint density at radius 1 is 1.26 bits per heavy atom. The molecule has 19 heavy (non-hydrogen) atoms. The van der Waals surface area contributed by atoms with Crippen molar-refractivity contribution < 1.29 is 4.92 Å². The van der Waals surface area contributed by atoms with Crippen LogP contribution in [-0.2, 0) is 0 Å². The lowest BCUT2D eigenvalue weighted by Crippen LogP contribution is -1.85. The molecule has 4 nitrogen and oxygen atoms in total. The van der Waals surface area contributed by atoms with E-state index < -0.39 is 0 Å². The summed E-state index contributed by atoms with van der Waals surface area (Å²) in [5.74, 6) is 0. The van der Waals surface area contributed by atoms with E-state index in [1.165, 1.54) is 17.4 Å². The Kier molecular flexibility index (Phi) is 3.10. The number of rotatable bonds is 3. The second kappa shape index (κ2) is 4.91. The number of hydrogen-bond acceptors (Lipinski definition) is 5. The molecule has 0 spiro atoms. The van der Waals surface area contributed by atoms with Gasteiger partial charge in [0.05, 0.1) is 15.1 Å². The van der Waals surface area contributed by atoms with Gasteiger partial charge in [0.25, 0.3) is 5.69 Å². The first-order valence-electron chi connectivity index (χ1n) is 5.48. The number of nitrogens with zero attached hydrogens (tertiary/aromatic N) is 2. The lowest BCUT2D eigenvalue weighted by molar-refractivity contribution is -0.384. The van der Waals surface area contributed by atoms with Crippen LogP contribution in [0.3, 0.4) is 0 Å². The molecule has 0 N–H and O–H groups in total. The minimum atomic E-state index is -0.389. The number of nitro benzene ring substituents is 1. The van der Waals surface area contributed by atoms with Gasteiger partial charge < -0.3 is 0 Å². The maximum Gasteiger partial charge on any atom is 0.270 e. The Bertz CT molecular complexity index is 760. The molecule has 0 bridgehead atoms. The maximum absolute atomic E-state index is 10.7. The average Bonchev–Trinajstić information content (AvgIpc) is 3.04. The molecule has 3 aromatic rings. The first-order valence-corrected chi connectivity index (χ1v) is 7.23. The molecule has 0 fully saturated rings. The van der Waals surface area contributed by atoms with Crippen molar-refractivity contribution in [1.82, 2.24) is 4.98 Å². The molecule has 0 unspecified atom stereocenters. The Morgan fingerprint density at radius 2 is 2.16 bits per heavy atom. The van der Waals surface area contributed by atoms with E-state index in [9.17, 15) is 10.1 Å². The van der Waals surface area contributed by atoms with E-state index in [1.54, 1.807) is 23.5 Å². The molecule has 3 rings (SSSR count). The fraction of sp³-hybridized carbons (Fsp3) is 0. The number of nitro groups is 1. The van der Waals surface area contributed by atoms with E-state index in [2.05, 4.69) is 10.4 Å². The monoisotopic (exact) mass is 288 g/mol. The molecule has 94 valence electrons. The molecular weight excluding hydrogens is 280 g/mol. The van der Waals surface area contributed by atoms with Crippen molar-refractivity contribution in [2.45, 2.75) is 0 Å². The summed E-state index contributed by atoms with van der Waals surface area (Å²) in [6.45, 7) is 0. The molecule has 0 amide bonds. The second-order valence-electron chi connectivity index (χ2n) is 3.85. The van der Waals surface area contributed by atoms with E-state index in [-0.39, 0.29) is 10.6 Å². The van der Waals surface area contributed by atoms with Crippen LogP contribution in [0.4, 0.5) is 5.69 Å². The van der Waals surface area contributed by atoms with Gasteiger partial charge >= 0.3 is 0 Å². The Labute approximate surface area is 116 Å². The van der Waals surface area contributed by atoms with E-state index in [4.69, 9.17) is 0 Å². The van der Waals surface area contributed by atoms with Gasteiger partial charge in [0.2, 0.25) is 0 Å². The minimum absolute atomic E-state index is 0.101. The molecule has 0 aliphatic carbocycles. The van der Waals surface area contributed by atoms with Gasteiger partial charge in [0.15, 0.2) is 0 Å². The summed E-state index contributed by atoms with van der Waals surface area (Å²) in [4.78, 5) is 14.7. The lowest BCUT2D eigenvalue weighted by atomic mass is 10.3. The van der Waals surface area contributed by atoms with Gasteiger partial charge in [-0.2, -0.15) is 11.3 Å². The van der Waals surface area contributed by atoms with Crippen LogP contribution in [0, 0.1) is 10.1 Å². The normalized spacial score (nSPS) is 11.4. The minimum Gasteiger partial charge on any atom is -0.258 e. The van der Waals surface area contributed by atoms with Gasteiger partial charge in [0, 0.05) is 12.1 Å². The van der Waals surface area contributed by atoms with Crippen molar-refractivity contribution in [3.63, 3.8) is 0 Å². The highest BCUT2D eigenvalue weighted by molar-refractivity contribution is 7.19. The molecule has 6 heteroatoms. The quantitative estimate of drug-likeness (QED) is 0.529. The van der Waals surface area contributed by atoms with Crippen molar-refractivity contribution in [2.24, 2.45) is 0 Å². The summed E-state index contributed by atoms with van der Waals surface area (Å²) in [6, 6.07) is 6.76. The predicted octanol–water partition coefficient (Wildman–Crippen LogP) is 4.44. The number of thiophene rings is 1. The Morgan fingerprint density at radius 3 is 2.89 bits per heavy atom. The molecule has 1 aromatic carbocycles. The smallest absolute Gasteiger partial charge is 0.258 e.